The number of hydrogen-bond acceptors (Lipinski definition) is 3. The predicted octanol–water partition coefficient (Wildman–Crippen LogP) is 2.59. The van der Waals surface area contributed by atoms with Gasteiger partial charge in [0, 0.05) is 25.5 Å². The van der Waals surface area contributed by atoms with E-state index in [2.05, 4.69) is 22.0 Å². The molecule has 2 aromatic rings. The zero-order valence-electron chi connectivity index (χ0n) is 9.67. The third kappa shape index (κ3) is 2.82. The van der Waals surface area contributed by atoms with Gasteiger partial charge in [0.1, 0.15) is 11.8 Å². The normalized spacial score (nSPS) is 9.65. The number of aromatic nitrogens is 1. The van der Waals surface area contributed by atoms with Crippen LogP contribution < -0.4 is 4.90 Å². The Morgan fingerprint density at radius 3 is 2.71 bits per heavy atom. The maximum Gasteiger partial charge on any atom is 0.142 e. The minimum atomic E-state index is 0.447. The van der Waals surface area contributed by atoms with E-state index in [0.29, 0.717) is 5.69 Å². The fourth-order valence-electron chi connectivity index (χ4n) is 1.67. The molecule has 0 aliphatic rings. The van der Waals surface area contributed by atoms with Crippen molar-refractivity contribution in [1.29, 1.82) is 5.26 Å². The Balaban J connectivity index is 2.15. The number of anilines is 1. The van der Waals surface area contributed by atoms with Crippen molar-refractivity contribution in [2.24, 2.45) is 0 Å². The summed E-state index contributed by atoms with van der Waals surface area (Å²) in [6.07, 6.45) is 1.66. The van der Waals surface area contributed by atoms with E-state index in [1.165, 1.54) is 5.56 Å². The highest BCUT2D eigenvalue weighted by molar-refractivity contribution is 5.48. The van der Waals surface area contributed by atoms with Crippen LogP contribution in [0.2, 0.25) is 0 Å². The third-order valence-corrected chi connectivity index (χ3v) is 2.56. The molecule has 0 fully saturated rings. The van der Waals surface area contributed by atoms with Gasteiger partial charge in [0.2, 0.25) is 0 Å². The Morgan fingerprint density at radius 2 is 2.00 bits per heavy atom. The van der Waals surface area contributed by atoms with Gasteiger partial charge in [-0.2, -0.15) is 5.26 Å². The van der Waals surface area contributed by atoms with Crippen LogP contribution in [0, 0.1) is 11.3 Å². The second kappa shape index (κ2) is 5.13. The number of nitriles is 1. The van der Waals surface area contributed by atoms with Crippen molar-refractivity contribution in [3.8, 4) is 6.07 Å². The lowest BCUT2D eigenvalue weighted by Gasteiger charge is -2.19. The molecule has 0 bridgehead atoms. The minimum Gasteiger partial charge on any atom is -0.370 e. The van der Waals surface area contributed by atoms with Gasteiger partial charge in [-0.25, -0.2) is 4.98 Å². The summed E-state index contributed by atoms with van der Waals surface area (Å²) in [5, 5.41) is 8.80. The molecule has 0 aliphatic heterocycles. The molecule has 1 heterocycles. The van der Waals surface area contributed by atoms with Gasteiger partial charge >= 0.3 is 0 Å². The molecule has 3 heteroatoms. The molecule has 84 valence electrons. The van der Waals surface area contributed by atoms with Gasteiger partial charge in [-0.3, -0.25) is 0 Å². The topological polar surface area (TPSA) is 39.9 Å². The Kier molecular flexibility index (Phi) is 3.37. The van der Waals surface area contributed by atoms with E-state index in [1.807, 2.05) is 37.4 Å². The Morgan fingerprint density at radius 1 is 1.24 bits per heavy atom. The molecule has 0 aliphatic carbocycles. The molecule has 3 nitrogen and oxygen atoms in total. The van der Waals surface area contributed by atoms with Crippen LogP contribution in [-0.4, -0.2) is 12.0 Å². The highest BCUT2D eigenvalue weighted by Gasteiger charge is 2.03. The lowest BCUT2D eigenvalue weighted by molar-refractivity contribution is 0.920. The molecule has 0 saturated carbocycles. The lowest BCUT2D eigenvalue weighted by Crippen LogP contribution is -2.16. The Hall–Kier alpha value is -2.34. The summed E-state index contributed by atoms with van der Waals surface area (Å²) in [4.78, 5) is 6.05. The van der Waals surface area contributed by atoms with Gasteiger partial charge in [0.15, 0.2) is 0 Å². The summed E-state index contributed by atoms with van der Waals surface area (Å²) in [7, 11) is 2.00. The van der Waals surface area contributed by atoms with E-state index in [1.54, 1.807) is 12.3 Å². The fourth-order valence-corrected chi connectivity index (χ4v) is 1.67. The third-order valence-electron chi connectivity index (χ3n) is 2.56. The van der Waals surface area contributed by atoms with Crippen molar-refractivity contribution >= 4 is 5.69 Å². The molecule has 0 spiro atoms. The fraction of sp³-hybridized carbons (Fsp3) is 0.143. The first-order chi connectivity index (χ1) is 8.29. The van der Waals surface area contributed by atoms with Crippen LogP contribution in [0.15, 0.2) is 48.7 Å². The molecule has 1 aromatic heterocycles. The molecule has 0 unspecified atom stereocenters. The number of rotatable bonds is 3. The molecule has 0 radical (unpaired) electrons. The largest absolute Gasteiger partial charge is 0.370 e. The summed E-state index contributed by atoms with van der Waals surface area (Å²) in [6.45, 7) is 0.815. The van der Waals surface area contributed by atoms with Crippen LogP contribution in [0.1, 0.15) is 11.3 Å². The van der Waals surface area contributed by atoms with Gasteiger partial charge in [0.05, 0.1) is 0 Å². The van der Waals surface area contributed by atoms with Crippen LogP contribution in [0.25, 0.3) is 0 Å². The average Bonchev–Trinajstić information content (AvgIpc) is 2.40. The molecule has 0 N–H and O–H groups in total. The summed E-state index contributed by atoms with van der Waals surface area (Å²) >= 11 is 0. The van der Waals surface area contributed by atoms with E-state index in [9.17, 15) is 0 Å². The van der Waals surface area contributed by atoms with Gasteiger partial charge in [-0.1, -0.05) is 30.3 Å². The standard InChI is InChI=1S/C14H13N3/c1-17(11-12-5-3-2-4-6-12)14-7-8-16-13(9-14)10-15/h2-9H,11H2,1H3. The number of nitrogens with zero attached hydrogens (tertiary/aromatic N) is 3. The van der Waals surface area contributed by atoms with Crippen molar-refractivity contribution in [1.82, 2.24) is 4.98 Å². The van der Waals surface area contributed by atoms with Crippen LogP contribution in [0.5, 0.6) is 0 Å². The van der Waals surface area contributed by atoms with E-state index in [0.717, 1.165) is 12.2 Å². The predicted molar refractivity (Wildman–Crippen MR) is 67.5 cm³/mol. The summed E-state index contributed by atoms with van der Waals surface area (Å²) in [5.41, 5.74) is 2.69. The number of pyridine rings is 1. The Labute approximate surface area is 101 Å². The van der Waals surface area contributed by atoms with E-state index < -0.39 is 0 Å². The smallest absolute Gasteiger partial charge is 0.142 e. The van der Waals surface area contributed by atoms with Crippen molar-refractivity contribution in [3.05, 3.63) is 59.9 Å². The quantitative estimate of drug-likeness (QED) is 0.803. The maximum atomic E-state index is 8.80. The SMILES string of the molecule is CN(Cc1ccccc1)c1ccnc(C#N)c1. The first kappa shape index (κ1) is 11.2. The number of benzene rings is 1. The maximum absolute atomic E-state index is 8.80. The van der Waals surface area contributed by atoms with Crippen molar-refractivity contribution in [2.45, 2.75) is 6.54 Å². The highest BCUT2D eigenvalue weighted by atomic mass is 15.1. The monoisotopic (exact) mass is 223 g/mol. The average molecular weight is 223 g/mol. The minimum absolute atomic E-state index is 0.447. The number of hydrogen-bond donors (Lipinski definition) is 0. The van der Waals surface area contributed by atoms with Gasteiger partial charge < -0.3 is 4.90 Å². The lowest BCUT2D eigenvalue weighted by atomic mass is 10.2. The zero-order valence-corrected chi connectivity index (χ0v) is 9.67. The molecule has 0 amide bonds. The summed E-state index contributed by atoms with van der Waals surface area (Å²) < 4.78 is 0. The second-order valence-corrected chi connectivity index (χ2v) is 3.85. The molecular weight excluding hydrogens is 210 g/mol. The van der Waals surface area contributed by atoms with Gasteiger partial charge in [0.25, 0.3) is 0 Å². The van der Waals surface area contributed by atoms with E-state index >= 15 is 0 Å². The van der Waals surface area contributed by atoms with Gasteiger partial charge in [-0.05, 0) is 17.7 Å². The first-order valence-corrected chi connectivity index (χ1v) is 5.41. The molecular formula is C14H13N3. The molecule has 1 aromatic carbocycles. The Bertz CT molecular complexity index is 529. The zero-order chi connectivity index (χ0) is 12.1. The van der Waals surface area contributed by atoms with Crippen molar-refractivity contribution in [3.63, 3.8) is 0 Å². The van der Waals surface area contributed by atoms with Crippen molar-refractivity contribution < 1.29 is 0 Å². The van der Waals surface area contributed by atoms with E-state index in [-0.39, 0.29) is 0 Å². The molecule has 0 atom stereocenters. The molecule has 2 rings (SSSR count). The highest BCUT2D eigenvalue weighted by Crippen LogP contribution is 2.15. The van der Waals surface area contributed by atoms with Crippen LogP contribution in [0.3, 0.4) is 0 Å². The summed E-state index contributed by atoms with van der Waals surface area (Å²) in [6, 6.07) is 16.0. The first-order valence-electron chi connectivity index (χ1n) is 5.41. The van der Waals surface area contributed by atoms with Crippen molar-refractivity contribution in [2.75, 3.05) is 11.9 Å². The molecule has 0 saturated heterocycles. The van der Waals surface area contributed by atoms with Crippen LogP contribution in [0.4, 0.5) is 5.69 Å². The van der Waals surface area contributed by atoms with Crippen LogP contribution >= 0.6 is 0 Å². The second-order valence-electron chi connectivity index (χ2n) is 3.85. The van der Waals surface area contributed by atoms with Crippen LogP contribution in [-0.2, 0) is 6.54 Å². The van der Waals surface area contributed by atoms with E-state index in [4.69, 9.17) is 5.26 Å². The summed E-state index contributed by atoms with van der Waals surface area (Å²) in [5.74, 6) is 0. The van der Waals surface area contributed by atoms with Gasteiger partial charge in [-0.15, -0.1) is 0 Å². The molecule has 17 heavy (non-hydrogen) atoms.